The Hall–Kier alpha value is -1.64. The Bertz CT molecular complexity index is 552. The van der Waals surface area contributed by atoms with Crippen molar-refractivity contribution in [1.29, 1.82) is 0 Å². The molecule has 19 heavy (non-hydrogen) atoms. The lowest BCUT2D eigenvalue weighted by Crippen LogP contribution is -2.84. The minimum absolute atomic E-state index is 0.0521. The number of amidine groups is 1. The summed E-state index contributed by atoms with van der Waals surface area (Å²) in [7, 11) is 1.85. The maximum absolute atomic E-state index is 11.4. The average molecular weight is 281 g/mol. The van der Waals surface area contributed by atoms with Crippen LogP contribution in [0.3, 0.4) is 0 Å². The van der Waals surface area contributed by atoms with Crippen LogP contribution in [0.2, 0.25) is 0 Å². The lowest BCUT2D eigenvalue weighted by Gasteiger charge is -2.13. The van der Waals surface area contributed by atoms with Gasteiger partial charge in [-0.15, -0.1) is 21.6 Å². The van der Waals surface area contributed by atoms with E-state index in [0.29, 0.717) is 0 Å². The SMILES string of the molecule is CC(=O)Nc1sc2c(c1C1=NNN(C)N1)CC[NH2+]C2. The van der Waals surface area contributed by atoms with Gasteiger partial charge in [0.15, 0.2) is 5.84 Å². The molecule has 5 N–H and O–H groups in total. The molecule has 3 heterocycles. The van der Waals surface area contributed by atoms with E-state index in [2.05, 4.69) is 26.7 Å². The number of nitrogens with zero attached hydrogens (tertiary/aromatic N) is 2. The molecule has 0 saturated heterocycles. The quantitative estimate of drug-likeness (QED) is 0.557. The predicted octanol–water partition coefficient (Wildman–Crippen LogP) is -1.06. The molecule has 0 fully saturated rings. The molecule has 0 saturated carbocycles. The molecule has 0 bridgehead atoms. The van der Waals surface area contributed by atoms with Gasteiger partial charge in [-0.05, 0) is 5.56 Å². The van der Waals surface area contributed by atoms with Gasteiger partial charge in [0.25, 0.3) is 0 Å². The Kier molecular flexibility index (Phi) is 3.13. The molecule has 2 aliphatic rings. The number of nitrogens with two attached hydrogens (primary N) is 1. The fraction of sp³-hybridized carbons (Fsp3) is 0.455. The Balaban J connectivity index is 2.03. The second kappa shape index (κ2) is 4.80. The van der Waals surface area contributed by atoms with Gasteiger partial charge in [0.2, 0.25) is 5.91 Å². The van der Waals surface area contributed by atoms with E-state index in [1.165, 1.54) is 17.4 Å². The molecule has 0 aliphatic carbocycles. The fourth-order valence-electron chi connectivity index (χ4n) is 2.37. The highest BCUT2D eigenvalue weighted by Gasteiger charge is 2.28. The first-order chi connectivity index (χ1) is 9.15. The number of rotatable bonds is 2. The molecule has 0 aromatic carbocycles. The molecule has 1 aromatic rings. The van der Waals surface area contributed by atoms with Gasteiger partial charge in [-0.3, -0.25) is 10.2 Å². The molecule has 0 spiro atoms. The van der Waals surface area contributed by atoms with Gasteiger partial charge < -0.3 is 10.6 Å². The highest BCUT2D eigenvalue weighted by molar-refractivity contribution is 7.17. The molecule has 102 valence electrons. The zero-order chi connectivity index (χ0) is 13.4. The number of anilines is 1. The Morgan fingerprint density at radius 2 is 2.42 bits per heavy atom. The van der Waals surface area contributed by atoms with Gasteiger partial charge in [0.1, 0.15) is 11.5 Å². The van der Waals surface area contributed by atoms with Crippen molar-refractivity contribution in [2.24, 2.45) is 5.10 Å². The smallest absolute Gasteiger partial charge is 0.221 e. The van der Waals surface area contributed by atoms with Crippen LogP contribution in [0.15, 0.2) is 5.10 Å². The van der Waals surface area contributed by atoms with Crippen LogP contribution in [0.4, 0.5) is 5.00 Å². The van der Waals surface area contributed by atoms with E-state index in [-0.39, 0.29) is 5.91 Å². The van der Waals surface area contributed by atoms with Gasteiger partial charge in [-0.2, -0.15) is 0 Å². The van der Waals surface area contributed by atoms with Crippen molar-refractivity contribution in [3.8, 4) is 0 Å². The minimum atomic E-state index is -0.0521. The van der Waals surface area contributed by atoms with Crippen LogP contribution in [0.5, 0.6) is 0 Å². The second-order valence-electron chi connectivity index (χ2n) is 4.65. The average Bonchev–Trinajstić information content (AvgIpc) is 2.91. The number of fused-ring (bicyclic) bond motifs is 1. The minimum Gasteiger partial charge on any atom is -0.342 e. The Morgan fingerprint density at radius 1 is 1.58 bits per heavy atom. The summed E-state index contributed by atoms with van der Waals surface area (Å²) in [6, 6.07) is 0. The van der Waals surface area contributed by atoms with Crippen molar-refractivity contribution < 1.29 is 10.1 Å². The molecular weight excluding hydrogens is 264 g/mol. The summed E-state index contributed by atoms with van der Waals surface area (Å²) in [6.07, 6.45) is 1.01. The van der Waals surface area contributed by atoms with E-state index in [4.69, 9.17) is 0 Å². The molecule has 0 radical (unpaired) electrons. The van der Waals surface area contributed by atoms with Crippen molar-refractivity contribution in [2.75, 3.05) is 18.9 Å². The second-order valence-corrected chi connectivity index (χ2v) is 5.76. The number of hydrogen-bond donors (Lipinski definition) is 4. The third-order valence-electron chi connectivity index (χ3n) is 3.13. The van der Waals surface area contributed by atoms with Gasteiger partial charge in [0.05, 0.1) is 17.0 Å². The lowest BCUT2D eigenvalue weighted by molar-refractivity contribution is -0.672. The van der Waals surface area contributed by atoms with Gasteiger partial charge in [-0.25, -0.2) is 5.53 Å². The van der Waals surface area contributed by atoms with Gasteiger partial charge in [0, 0.05) is 20.4 Å². The first kappa shape index (κ1) is 12.4. The first-order valence-electron chi connectivity index (χ1n) is 6.23. The summed E-state index contributed by atoms with van der Waals surface area (Å²) < 4.78 is 0. The van der Waals surface area contributed by atoms with Crippen LogP contribution in [0.25, 0.3) is 0 Å². The maximum Gasteiger partial charge on any atom is 0.221 e. The third-order valence-corrected chi connectivity index (χ3v) is 4.30. The van der Waals surface area contributed by atoms with Crippen molar-refractivity contribution in [3.05, 3.63) is 16.0 Å². The zero-order valence-corrected chi connectivity index (χ0v) is 11.7. The number of amides is 1. The van der Waals surface area contributed by atoms with Crippen LogP contribution in [-0.4, -0.2) is 30.5 Å². The van der Waals surface area contributed by atoms with Crippen molar-refractivity contribution in [2.45, 2.75) is 19.9 Å². The van der Waals surface area contributed by atoms with Crippen molar-refractivity contribution in [1.82, 2.24) is 16.1 Å². The number of quaternary nitrogens is 1. The van der Waals surface area contributed by atoms with Crippen molar-refractivity contribution >= 4 is 28.1 Å². The summed E-state index contributed by atoms with van der Waals surface area (Å²) >= 11 is 1.65. The van der Waals surface area contributed by atoms with Gasteiger partial charge in [-0.1, -0.05) is 0 Å². The van der Waals surface area contributed by atoms with E-state index < -0.39 is 0 Å². The molecule has 0 atom stereocenters. The Morgan fingerprint density at radius 3 is 3.11 bits per heavy atom. The molecule has 7 nitrogen and oxygen atoms in total. The number of hydrogen-bond acceptors (Lipinski definition) is 6. The highest BCUT2D eigenvalue weighted by Crippen LogP contribution is 2.34. The monoisotopic (exact) mass is 281 g/mol. The normalized spacial score (nSPS) is 18.3. The standard InChI is InChI=1S/C11H16N6OS/c1-6(18)13-11-9(10-14-16-17(2)15-10)7-3-4-12-5-8(7)19-11/h12,16H,3-5H2,1-2H3,(H,13,18)(H,14,15)/p+1. The molecule has 1 amide bonds. The van der Waals surface area contributed by atoms with E-state index >= 15 is 0 Å². The number of carbonyl (C=O) groups is 1. The first-order valence-corrected chi connectivity index (χ1v) is 7.04. The third kappa shape index (κ3) is 2.29. The summed E-state index contributed by atoms with van der Waals surface area (Å²) in [5, 5.41) is 12.0. The maximum atomic E-state index is 11.4. The van der Waals surface area contributed by atoms with Crippen LogP contribution in [0, 0.1) is 0 Å². The molecule has 1 aromatic heterocycles. The summed E-state index contributed by atoms with van der Waals surface area (Å²) in [5.41, 5.74) is 8.31. The zero-order valence-electron chi connectivity index (χ0n) is 10.9. The predicted molar refractivity (Wildman–Crippen MR) is 73.4 cm³/mol. The van der Waals surface area contributed by atoms with Crippen LogP contribution in [-0.2, 0) is 17.8 Å². The largest absolute Gasteiger partial charge is 0.342 e. The number of nitrogens with one attached hydrogen (secondary N) is 3. The number of hydrazone groups is 1. The van der Waals surface area contributed by atoms with Crippen LogP contribution < -0.4 is 21.6 Å². The van der Waals surface area contributed by atoms with E-state index in [0.717, 1.165) is 35.9 Å². The summed E-state index contributed by atoms with van der Waals surface area (Å²) in [6.45, 7) is 3.58. The summed E-state index contributed by atoms with van der Waals surface area (Å²) in [5.74, 6) is 0.717. The molecule has 3 rings (SSSR count). The van der Waals surface area contributed by atoms with E-state index in [1.54, 1.807) is 16.5 Å². The van der Waals surface area contributed by atoms with Crippen molar-refractivity contribution in [3.63, 3.8) is 0 Å². The van der Waals surface area contributed by atoms with E-state index in [9.17, 15) is 4.79 Å². The van der Waals surface area contributed by atoms with Crippen LogP contribution in [0.1, 0.15) is 22.9 Å². The van der Waals surface area contributed by atoms with Gasteiger partial charge >= 0.3 is 0 Å². The number of carbonyl (C=O) groups excluding carboxylic acids is 1. The number of hydrazine groups is 2. The fourth-order valence-corrected chi connectivity index (χ4v) is 3.66. The molecule has 2 aliphatic heterocycles. The lowest BCUT2D eigenvalue weighted by atomic mass is 10.0. The Labute approximate surface area is 115 Å². The highest BCUT2D eigenvalue weighted by atomic mass is 32.1. The molecular formula is C11H17N6OS+. The molecule has 0 unspecified atom stereocenters. The van der Waals surface area contributed by atoms with E-state index in [1.807, 2.05) is 7.05 Å². The topological polar surface area (TPSA) is 85.4 Å². The van der Waals surface area contributed by atoms with Crippen LogP contribution >= 0.6 is 11.3 Å². The number of thiophene rings is 1. The molecule has 8 heteroatoms. The summed E-state index contributed by atoms with van der Waals surface area (Å²) in [4.78, 5) is 12.7.